The van der Waals surface area contributed by atoms with Crippen molar-refractivity contribution >= 4 is 29.2 Å². The molecule has 0 heterocycles. The summed E-state index contributed by atoms with van der Waals surface area (Å²) in [6.07, 6.45) is 1.28. The Bertz CT molecular complexity index is 715. The molecule has 21 heavy (non-hydrogen) atoms. The maximum atomic E-state index is 13.8. The summed E-state index contributed by atoms with van der Waals surface area (Å²) in [4.78, 5) is 11.6. The number of rotatable bonds is 3. The standard InChI is InChI=1S/C17H14ClFO2/c1-10-6-7-11(2)12(8-10)13(17(20)21)9-14-15(18)4-3-5-16(14)19/h3-9H,1-2H3,(H,20,21)/b13-9-. The van der Waals surface area contributed by atoms with E-state index in [1.807, 2.05) is 26.0 Å². The molecule has 0 aliphatic heterocycles. The van der Waals surface area contributed by atoms with Crippen molar-refractivity contribution in [1.82, 2.24) is 0 Å². The number of carboxylic acids is 1. The zero-order chi connectivity index (χ0) is 15.6. The highest BCUT2D eigenvalue weighted by atomic mass is 35.5. The quantitative estimate of drug-likeness (QED) is 0.658. The average Bonchev–Trinajstić information content (AvgIpc) is 2.41. The van der Waals surface area contributed by atoms with Gasteiger partial charge < -0.3 is 5.11 Å². The first-order chi connectivity index (χ1) is 9.90. The summed E-state index contributed by atoms with van der Waals surface area (Å²) >= 11 is 5.96. The number of halogens is 2. The molecule has 4 heteroatoms. The Kier molecular flexibility index (Phi) is 4.43. The monoisotopic (exact) mass is 304 g/mol. The zero-order valence-corrected chi connectivity index (χ0v) is 12.4. The summed E-state index contributed by atoms with van der Waals surface area (Å²) in [5, 5.41) is 9.63. The van der Waals surface area contributed by atoms with Crippen LogP contribution in [0, 0.1) is 19.7 Å². The van der Waals surface area contributed by atoms with Crippen LogP contribution in [0.4, 0.5) is 4.39 Å². The number of hydrogen-bond donors (Lipinski definition) is 1. The Hall–Kier alpha value is -2.13. The van der Waals surface area contributed by atoms with Crippen molar-refractivity contribution in [2.24, 2.45) is 0 Å². The number of hydrogen-bond acceptors (Lipinski definition) is 1. The van der Waals surface area contributed by atoms with E-state index in [-0.39, 0.29) is 16.2 Å². The first kappa shape index (κ1) is 15.3. The van der Waals surface area contributed by atoms with E-state index in [0.717, 1.165) is 11.1 Å². The lowest BCUT2D eigenvalue weighted by atomic mass is 9.96. The second-order valence-corrected chi connectivity index (χ2v) is 5.22. The summed E-state index contributed by atoms with van der Waals surface area (Å²) in [5.74, 6) is -1.67. The third-order valence-corrected chi connectivity index (χ3v) is 3.53. The van der Waals surface area contributed by atoms with Gasteiger partial charge in [0, 0.05) is 5.56 Å². The van der Waals surface area contributed by atoms with Gasteiger partial charge in [0.1, 0.15) is 5.82 Å². The summed E-state index contributed by atoms with van der Waals surface area (Å²) in [6, 6.07) is 9.76. The van der Waals surface area contributed by atoms with Crippen LogP contribution in [0.25, 0.3) is 11.6 Å². The van der Waals surface area contributed by atoms with Gasteiger partial charge in [-0.1, -0.05) is 41.4 Å². The smallest absolute Gasteiger partial charge is 0.336 e. The number of aliphatic carboxylic acids is 1. The molecule has 0 spiro atoms. The lowest BCUT2D eigenvalue weighted by Crippen LogP contribution is -2.02. The van der Waals surface area contributed by atoms with Crippen molar-refractivity contribution in [2.45, 2.75) is 13.8 Å². The molecule has 0 aromatic heterocycles. The summed E-state index contributed by atoms with van der Waals surface area (Å²) < 4.78 is 13.8. The SMILES string of the molecule is Cc1ccc(C)c(/C(=C/c2c(F)cccc2Cl)C(=O)O)c1. The molecular formula is C17H14ClFO2. The van der Waals surface area contributed by atoms with Crippen molar-refractivity contribution in [1.29, 1.82) is 0 Å². The fraction of sp³-hybridized carbons (Fsp3) is 0.118. The van der Waals surface area contributed by atoms with E-state index < -0.39 is 11.8 Å². The molecular weight excluding hydrogens is 291 g/mol. The molecule has 0 atom stereocenters. The number of aryl methyl sites for hydroxylation is 2. The molecule has 2 nitrogen and oxygen atoms in total. The lowest BCUT2D eigenvalue weighted by Gasteiger charge is -2.09. The summed E-state index contributed by atoms with van der Waals surface area (Å²) in [7, 11) is 0. The van der Waals surface area contributed by atoms with Crippen LogP contribution in [0.1, 0.15) is 22.3 Å². The third kappa shape index (κ3) is 3.31. The molecule has 1 N–H and O–H groups in total. The topological polar surface area (TPSA) is 37.3 Å². The Morgan fingerprint density at radius 1 is 1.24 bits per heavy atom. The van der Waals surface area contributed by atoms with Crippen LogP contribution in [-0.4, -0.2) is 11.1 Å². The van der Waals surface area contributed by atoms with E-state index in [1.165, 1.54) is 24.3 Å². The van der Waals surface area contributed by atoms with Crippen molar-refractivity contribution in [2.75, 3.05) is 0 Å². The van der Waals surface area contributed by atoms with Gasteiger partial charge in [0.05, 0.1) is 10.6 Å². The highest BCUT2D eigenvalue weighted by Crippen LogP contribution is 2.27. The molecule has 0 saturated heterocycles. The van der Waals surface area contributed by atoms with Crippen molar-refractivity contribution in [3.63, 3.8) is 0 Å². The van der Waals surface area contributed by atoms with Crippen LogP contribution in [-0.2, 0) is 4.79 Å². The van der Waals surface area contributed by atoms with Gasteiger partial charge in [-0.2, -0.15) is 0 Å². The van der Waals surface area contributed by atoms with E-state index in [0.29, 0.717) is 5.56 Å². The Labute approximate surface area is 127 Å². The highest BCUT2D eigenvalue weighted by Gasteiger charge is 2.15. The number of carboxylic acid groups (broad SMARTS) is 1. The van der Waals surface area contributed by atoms with E-state index in [2.05, 4.69) is 0 Å². The minimum Gasteiger partial charge on any atom is -0.478 e. The molecule has 108 valence electrons. The number of benzene rings is 2. The molecule has 0 radical (unpaired) electrons. The van der Waals surface area contributed by atoms with Gasteiger partial charge >= 0.3 is 5.97 Å². The van der Waals surface area contributed by atoms with Crippen LogP contribution < -0.4 is 0 Å². The van der Waals surface area contributed by atoms with Crippen LogP contribution in [0.2, 0.25) is 5.02 Å². The fourth-order valence-corrected chi connectivity index (χ4v) is 2.29. The predicted molar refractivity (Wildman–Crippen MR) is 82.8 cm³/mol. The Morgan fingerprint density at radius 2 is 1.95 bits per heavy atom. The van der Waals surface area contributed by atoms with Gasteiger partial charge in [-0.25, -0.2) is 9.18 Å². The van der Waals surface area contributed by atoms with Crippen LogP contribution in [0.5, 0.6) is 0 Å². The molecule has 0 bridgehead atoms. The normalized spacial score (nSPS) is 11.5. The molecule has 0 aliphatic rings. The largest absolute Gasteiger partial charge is 0.478 e. The zero-order valence-electron chi connectivity index (χ0n) is 11.7. The molecule has 0 saturated carbocycles. The highest BCUT2D eigenvalue weighted by molar-refractivity contribution is 6.33. The van der Waals surface area contributed by atoms with Gasteiger partial charge in [0.25, 0.3) is 0 Å². The minimum absolute atomic E-state index is 0.0169. The number of carbonyl (C=O) groups is 1. The van der Waals surface area contributed by atoms with Crippen molar-refractivity contribution < 1.29 is 14.3 Å². The third-order valence-electron chi connectivity index (χ3n) is 3.20. The Balaban J connectivity index is 2.67. The maximum Gasteiger partial charge on any atom is 0.336 e. The molecule has 0 aliphatic carbocycles. The van der Waals surface area contributed by atoms with Gasteiger partial charge in [-0.05, 0) is 43.2 Å². The first-order valence-corrected chi connectivity index (χ1v) is 6.74. The van der Waals surface area contributed by atoms with E-state index in [1.54, 1.807) is 6.07 Å². The van der Waals surface area contributed by atoms with Crippen molar-refractivity contribution in [3.05, 3.63) is 69.5 Å². The molecule has 2 aromatic carbocycles. The predicted octanol–water partition coefficient (Wildman–Crippen LogP) is 4.72. The second-order valence-electron chi connectivity index (χ2n) is 4.82. The van der Waals surface area contributed by atoms with Crippen LogP contribution in [0.15, 0.2) is 36.4 Å². The average molecular weight is 305 g/mol. The molecule has 0 fully saturated rings. The van der Waals surface area contributed by atoms with Crippen LogP contribution >= 0.6 is 11.6 Å². The van der Waals surface area contributed by atoms with E-state index in [4.69, 9.17) is 11.6 Å². The second kappa shape index (κ2) is 6.10. The van der Waals surface area contributed by atoms with Crippen LogP contribution in [0.3, 0.4) is 0 Å². The maximum absolute atomic E-state index is 13.8. The molecule has 2 rings (SSSR count). The van der Waals surface area contributed by atoms with Gasteiger partial charge in [-0.15, -0.1) is 0 Å². The Morgan fingerprint density at radius 3 is 2.57 bits per heavy atom. The van der Waals surface area contributed by atoms with E-state index >= 15 is 0 Å². The summed E-state index contributed by atoms with van der Waals surface area (Å²) in [6.45, 7) is 3.69. The fourth-order valence-electron chi connectivity index (χ4n) is 2.07. The minimum atomic E-state index is -1.12. The van der Waals surface area contributed by atoms with Gasteiger partial charge in [0.15, 0.2) is 0 Å². The van der Waals surface area contributed by atoms with Gasteiger partial charge in [0.2, 0.25) is 0 Å². The van der Waals surface area contributed by atoms with Crippen molar-refractivity contribution in [3.8, 4) is 0 Å². The van der Waals surface area contributed by atoms with E-state index in [9.17, 15) is 14.3 Å². The molecule has 0 amide bonds. The summed E-state index contributed by atoms with van der Waals surface area (Å²) in [5.41, 5.74) is 2.39. The first-order valence-electron chi connectivity index (χ1n) is 6.37. The molecule has 0 unspecified atom stereocenters. The van der Waals surface area contributed by atoms with Gasteiger partial charge in [-0.3, -0.25) is 0 Å². The lowest BCUT2D eigenvalue weighted by molar-refractivity contribution is -0.130. The molecule has 2 aromatic rings.